The fourth-order valence-corrected chi connectivity index (χ4v) is 2.25. The average molecular weight is 236 g/mol. The maximum atomic E-state index is 11.9. The molecule has 17 heavy (non-hydrogen) atoms. The van der Waals surface area contributed by atoms with Crippen LogP contribution in [0.1, 0.15) is 29.6 Å². The topological polar surface area (TPSA) is 85.3 Å². The van der Waals surface area contributed by atoms with Crippen molar-refractivity contribution >= 4 is 5.91 Å². The van der Waals surface area contributed by atoms with E-state index in [1.165, 1.54) is 18.4 Å². The molecule has 1 saturated carbocycles. The Balaban J connectivity index is 2.01. The first-order chi connectivity index (χ1) is 8.20. The van der Waals surface area contributed by atoms with Crippen molar-refractivity contribution in [1.29, 1.82) is 0 Å². The lowest BCUT2D eigenvalue weighted by Gasteiger charge is -2.19. The first-order valence-electron chi connectivity index (χ1n) is 5.80. The standard InChI is InChI=1S/C12H16N2O3/c13-6-8-2-1-3-10(8)14-12(16)9-4-5-11(15)17-7-9/h4-5,7-8,10H,1-3,6,13H2,(H,14,16). The molecule has 0 spiro atoms. The lowest BCUT2D eigenvalue weighted by Crippen LogP contribution is -2.39. The number of nitrogens with one attached hydrogen (secondary N) is 1. The van der Waals surface area contributed by atoms with Gasteiger partial charge in [-0.2, -0.15) is 0 Å². The Hall–Kier alpha value is -1.62. The predicted octanol–water partition coefficient (Wildman–Crippen LogP) is 0.497. The zero-order chi connectivity index (χ0) is 12.3. The van der Waals surface area contributed by atoms with Crippen LogP contribution in [0.5, 0.6) is 0 Å². The molecule has 2 unspecified atom stereocenters. The normalized spacial score (nSPS) is 23.6. The molecule has 1 amide bonds. The smallest absolute Gasteiger partial charge is 0.335 e. The number of rotatable bonds is 3. The Kier molecular flexibility index (Phi) is 3.58. The van der Waals surface area contributed by atoms with Crippen LogP contribution < -0.4 is 16.7 Å². The minimum Gasteiger partial charge on any atom is -0.430 e. The van der Waals surface area contributed by atoms with Crippen LogP contribution in [0.3, 0.4) is 0 Å². The van der Waals surface area contributed by atoms with Crippen molar-refractivity contribution in [2.24, 2.45) is 11.7 Å². The van der Waals surface area contributed by atoms with Crippen LogP contribution in [-0.4, -0.2) is 18.5 Å². The van der Waals surface area contributed by atoms with Gasteiger partial charge < -0.3 is 15.5 Å². The minimum absolute atomic E-state index is 0.138. The number of carbonyl (C=O) groups is 1. The molecule has 1 aliphatic rings. The van der Waals surface area contributed by atoms with Gasteiger partial charge in [0.1, 0.15) is 6.26 Å². The van der Waals surface area contributed by atoms with Gasteiger partial charge in [0.2, 0.25) is 0 Å². The second-order valence-corrected chi connectivity index (χ2v) is 4.35. The van der Waals surface area contributed by atoms with Gasteiger partial charge in [0.05, 0.1) is 5.56 Å². The third-order valence-electron chi connectivity index (χ3n) is 3.24. The molecule has 1 heterocycles. The molecule has 2 rings (SSSR count). The van der Waals surface area contributed by atoms with Gasteiger partial charge in [0.25, 0.3) is 5.91 Å². The van der Waals surface area contributed by atoms with E-state index in [-0.39, 0.29) is 11.9 Å². The Morgan fingerprint density at radius 3 is 2.94 bits per heavy atom. The molecule has 5 heteroatoms. The van der Waals surface area contributed by atoms with Gasteiger partial charge in [-0.15, -0.1) is 0 Å². The van der Waals surface area contributed by atoms with Crippen molar-refractivity contribution in [3.05, 3.63) is 34.4 Å². The molecule has 0 radical (unpaired) electrons. The zero-order valence-electron chi connectivity index (χ0n) is 9.52. The molecular weight excluding hydrogens is 220 g/mol. The Bertz CT molecular complexity index is 435. The van der Waals surface area contributed by atoms with E-state index in [0.29, 0.717) is 18.0 Å². The van der Waals surface area contributed by atoms with Crippen LogP contribution in [0, 0.1) is 5.92 Å². The predicted molar refractivity (Wildman–Crippen MR) is 62.6 cm³/mol. The van der Waals surface area contributed by atoms with E-state index in [4.69, 9.17) is 5.73 Å². The number of carbonyl (C=O) groups excluding carboxylic acids is 1. The quantitative estimate of drug-likeness (QED) is 0.800. The highest BCUT2D eigenvalue weighted by Gasteiger charge is 2.27. The summed E-state index contributed by atoms with van der Waals surface area (Å²) in [5.74, 6) is 0.147. The molecule has 0 aliphatic heterocycles. The number of hydrogen-bond acceptors (Lipinski definition) is 4. The zero-order valence-corrected chi connectivity index (χ0v) is 9.52. The van der Waals surface area contributed by atoms with E-state index in [1.54, 1.807) is 0 Å². The van der Waals surface area contributed by atoms with Gasteiger partial charge >= 0.3 is 5.63 Å². The van der Waals surface area contributed by atoms with Crippen LogP contribution in [-0.2, 0) is 0 Å². The average Bonchev–Trinajstić information content (AvgIpc) is 2.77. The third-order valence-corrected chi connectivity index (χ3v) is 3.24. The van der Waals surface area contributed by atoms with Gasteiger partial charge in [0, 0.05) is 12.1 Å². The SMILES string of the molecule is NCC1CCCC1NC(=O)c1ccc(=O)oc1. The van der Waals surface area contributed by atoms with Crippen molar-refractivity contribution in [3.8, 4) is 0 Å². The molecule has 2 atom stereocenters. The summed E-state index contributed by atoms with van der Waals surface area (Å²) in [6.45, 7) is 0.592. The second-order valence-electron chi connectivity index (χ2n) is 4.35. The van der Waals surface area contributed by atoms with Crippen LogP contribution in [0.4, 0.5) is 0 Å². The van der Waals surface area contributed by atoms with E-state index >= 15 is 0 Å². The molecule has 1 aromatic heterocycles. The van der Waals surface area contributed by atoms with Crippen LogP contribution >= 0.6 is 0 Å². The summed E-state index contributed by atoms with van der Waals surface area (Å²) in [6.07, 6.45) is 4.30. The lowest BCUT2D eigenvalue weighted by molar-refractivity contribution is 0.0926. The maximum absolute atomic E-state index is 11.9. The number of hydrogen-bond donors (Lipinski definition) is 2. The van der Waals surface area contributed by atoms with E-state index < -0.39 is 5.63 Å². The molecule has 1 aromatic rings. The van der Waals surface area contributed by atoms with E-state index in [9.17, 15) is 9.59 Å². The Labute approximate surface area is 99.0 Å². The minimum atomic E-state index is -0.456. The number of nitrogens with two attached hydrogens (primary N) is 1. The third kappa shape index (κ3) is 2.74. The van der Waals surface area contributed by atoms with Gasteiger partial charge in [-0.1, -0.05) is 6.42 Å². The van der Waals surface area contributed by atoms with Crippen LogP contribution in [0.25, 0.3) is 0 Å². The molecule has 0 saturated heterocycles. The van der Waals surface area contributed by atoms with Gasteiger partial charge in [-0.05, 0) is 31.4 Å². The summed E-state index contributed by atoms with van der Waals surface area (Å²) in [7, 11) is 0. The molecule has 5 nitrogen and oxygen atoms in total. The summed E-state index contributed by atoms with van der Waals surface area (Å²) in [5, 5.41) is 2.93. The molecule has 3 N–H and O–H groups in total. The highest BCUT2D eigenvalue weighted by molar-refractivity contribution is 5.93. The monoisotopic (exact) mass is 236 g/mol. The fraction of sp³-hybridized carbons (Fsp3) is 0.500. The molecule has 0 aromatic carbocycles. The fourth-order valence-electron chi connectivity index (χ4n) is 2.25. The Morgan fingerprint density at radius 1 is 1.47 bits per heavy atom. The largest absolute Gasteiger partial charge is 0.430 e. The van der Waals surface area contributed by atoms with Crippen molar-refractivity contribution in [2.45, 2.75) is 25.3 Å². The van der Waals surface area contributed by atoms with E-state index in [2.05, 4.69) is 9.73 Å². The van der Waals surface area contributed by atoms with Gasteiger partial charge in [0.15, 0.2) is 0 Å². The van der Waals surface area contributed by atoms with Crippen LogP contribution in [0.15, 0.2) is 27.6 Å². The Morgan fingerprint density at radius 2 is 2.29 bits per heavy atom. The first-order valence-corrected chi connectivity index (χ1v) is 5.80. The molecule has 0 bridgehead atoms. The van der Waals surface area contributed by atoms with Gasteiger partial charge in [-0.3, -0.25) is 4.79 Å². The van der Waals surface area contributed by atoms with E-state index in [1.807, 2.05) is 0 Å². The highest BCUT2D eigenvalue weighted by atomic mass is 16.4. The second kappa shape index (κ2) is 5.14. The summed E-state index contributed by atoms with van der Waals surface area (Å²) < 4.78 is 4.66. The lowest BCUT2D eigenvalue weighted by atomic mass is 10.0. The molecule has 92 valence electrons. The van der Waals surface area contributed by atoms with Crippen molar-refractivity contribution < 1.29 is 9.21 Å². The molecular formula is C12H16N2O3. The maximum Gasteiger partial charge on any atom is 0.335 e. The van der Waals surface area contributed by atoms with Crippen molar-refractivity contribution in [2.75, 3.05) is 6.54 Å². The summed E-state index contributed by atoms with van der Waals surface area (Å²) >= 11 is 0. The van der Waals surface area contributed by atoms with Crippen molar-refractivity contribution in [3.63, 3.8) is 0 Å². The highest BCUT2D eigenvalue weighted by Crippen LogP contribution is 2.24. The van der Waals surface area contributed by atoms with Gasteiger partial charge in [-0.25, -0.2) is 4.79 Å². The summed E-state index contributed by atoms with van der Waals surface area (Å²) in [4.78, 5) is 22.6. The summed E-state index contributed by atoms with van der Waals surface area (Å²) in [6, 6.07) is 2.84. The number of amides is 1. The van der Waals surface area contributed by atoms with E-state index in [0.717, 1.165) is 19.3 Å². The molecule has 1 fully saturated rings. The van der Waals surface area contributed by atoms with Crippen LogP contribution in [0.2, 0.25) is 0 Å². The summed E-state index contributed by atoms with van der Waals surface area (Å²) in [5.41, 5.74) is 5.56. The first kappa shape index (κ1) is 11.9. The molecule has 1 aliphatic carbocycles. The van der Waals surface area contributed by atoms with Crippen molar-refractivity contribution in [1.82, 2.24) is 5.32 Å².